The number of nitrogens with zero attached hydrogens (tertiary/aromatic N) is 2. The summed E-state index contributed by atoms with van der Waals surface area (Å²) in [4.78, 5) is 24.3. The summed E-state index contributed by atoms with van der Waals surface area (Å²) in [5.74, 6) is 0.131. The van der Waals surface area contributed by atoms with Crippen LogP contribution in [0.15, 0.2) is 72.4 Å². The summed E-state index contributed by atoms with van der Waals surface area (Å²) in [5, 5.41) is 5.68. The van der Waals surface area contributed by atoms with Gasteiger partial charge >= 0.3 is 5.97 Å². The molecule has 0 unspecified atom stereocenters. The lowest BCUT2D eigenvalue weighted by atomic mass is 10.1. The maximum atomic E-state index is 12.3. The van der Waals surface area contributed by atoms with Crippen LogP contribution in [0.5, 0.6) is 11.5 Å². The summed E-state index contributed by atoms with van der Waals surface area (Å²) in [7, 11) is 1.54. The molecule has 0 atom stereocenters. The van der Waals surface area contributed by atoms with Gasteiger partial charge in [-0.05, 0) is 29.3 Å². The summed E-state index contributed by atoms with van der Waals surface area (Å²) in [6, 6.07) is 14.9. The number of carbonyl (C=O) groups excluding carboxylic acids is 2. The Bertz CT molecular complexity index is 998. The number of hydrogen-bond donors (Lipinski definition) is 0. The van der Waals surface area contributed by atoms with Crippen molar-refractivity contribution in [3.05, 3.63) is 78.4 Å². The van der Waals surface area contributed by atoms with Gasteiger partial charge in [-0.3, -0.25) is 4.79 Å². The van der Waals surface area contributed by atoms with Crippen molar-refractivity contribution >= 4 is 23.7 Å². The molecule has 0 bridgehead atoms. The Morgan fingerprint density at radius 2 is 1.97 bits per heavy atom. The fraction of sp³-hybridized carbons (Fsp3) is 0.208. The molecule has 160 valence electrons. The van der Waals surface area contributed by atoms with Crippen molar-refractivity contribution in [3.63, 3.8) is 0 Å². The molecule has 1 heterocycles. The zero-order valence-corrected chi connectivity index (χ0v) is 17.3. The lowest BCUT2D eigenvalue weighted by Crippen LogP contribution is -2.28. The van der Waals surface area contributed by atoms with E-state index in [-0.39, 0.29) is 12.5 Å². The van der Waals surface area contributed by atoms with E-state index in [1.54, 1.807) is 30.4 Å². The molecular formula is C24H24N2O5. The highest BCUT2D eigenvalue weighted by molar-refractivity contribution is 6.02. The smallest absolute Gasteiger partial charge is 0.331 e. The molecule has 1 aliphatic rings. The summed E-state index contributed by atoms with van der Waals surface area (Å²) in [6.45, 7) is 4.07. The van der Waals surface area contributed by atoms with Crippen molar-refractivity contribution in [1.82, 2.24) is 5.01 Å². The Morgan fingerprint density at radius 1 is 1.16 bits per heavy atom. The second-order valence-corrected chi connectivity index (χ2v) is 6.63. The van der Waals surface area contributed by atoms with E-state index in [2.05, 4.69) is 11.7 Å². The molecule has 1 amide bonds. The van der Waals surface area contributed by atoms with Crippen LogP contribution in [-0.4, -0.2) is 49.5 Å². The highest BCUT2D eigenvalue weighted by Gasteiger charge is 2.22. The predicted octanol–water partition coefficient (Wildman–Crippen LogP) is 3.45. The summed E-state index contributed by atoms with van der Waals surface area (Å²) < 4.78 is 15.8. The van der Waals surface area contributed by atoms with E-state index in [1.807, 2.05) is 30.3 Å². The van der Waals surface area contributed by atoms with Crippen LogP contribution in [0.25, 0.3) is 6.08 Å². The number of methoxy groups -OCH3 is 1. The van der Waals surface area contributed by atoms with Gasteiger partial charge in [0.25, 0.3) is 5.91 Å². The van der Waals surface area contributed by atoms with E-state index < -0.39 is 5.97 Å². The van der Waals surface area contributed by atoms with Gasteiger partial charge in [0, 0.05) is 12.5 Å². The van der Waals surface area contributed by atoms with E-state index in [0.29, 0.717) is 31.1 Å². The fourth-order valence-corrected chi connectivity index (χ4v) is 2.95. The highest BCUT2D eigenvalue weighted by atomic mass is 16.5. The molecule has 7 heteroatoms. The molecule has 2 aromatic rings. The maximum absolute atomic E-state index is 12.3. The van der Waals surface area contributed by atoms with E-state index in [9.17, 15) is 9.59 Å². The Kier molecular flexibility index (Phi) is 7.59. The SMILES string of the molecule is C=CCOc1ccc(/C=C/C(=O)OCC(=O)N2CCC(c3ccccc3)=N2)cc1OC. The molecular weight excluding hydrogens is 396 g/mol. The van der Waals surface area contributed by atoms with Crippen LogP contribution in [0.3, 0.4) is 0 Å². The molecule has 0 aliphatic carbocycles. The van der Waals surface area contributed by atoms with Gasteiger partial charge < -0.3 is 14.2 Å². The van der Waals surface area contributed by atoms with Crippen LogP contribution >= 0.6 is 0 Å². The molecule has 2 aromatic carbocycles. The monoisotopic (exact) mass is 420 g/mol. The van der Waals surface area contributed by atoms with Crippen molar-refractivity contribution < 1.29 is 23.8 Å². The largest absolute Gasteiger partial charge is 0.493 e. The molecule has 0 aromatic heterocycles. The first-order chi connectivity index (χ1) is 15.1. The summed E-state index contributed by atoms with van der Waals surface area (Å²) in [6.07, 6.45) is 5.14. The van der Waals surface area contributed by atoms with Crippen molar-refractivity contribution in [2.45, 2.75) is 6.42 Å². The van der Waals surface area contributed by atoms with E-state index in [1.165, 1.54) is 18.2 Å². The van der Waals surface area contributed by atoms with Crippen LogP contribution in [0.2, 0.25) is 0 Å². The summed E-state index contributed by atoms with van der Waals surface area (Å²) >= 11 is 0. The summed E-state index contributed by atoms with van der Waals surface area (Å²) in [5.41, 5.74) is 2.55. The average molecular weight is 420 g/mol. The van der Waals surface area contributed by atoms with Gasteiger partial charge in [-0.15, -0.1) is 0 Å². The second-order valence-electron chi connectivity index (χ2n) is 6.63. The number of carbonyl (C=O) groups is 2. The van der Waals surface area contributed by atoms with E-state index >= 15 is 0 Å². The molecule has 0 radical (unpaired) electrons. The number of hydrogen-bond acceptors (Lipinski definition) is 6. The third-order valence-electron chi connectivity index (χ3n) is 4.49. The Labute approximate surface area is 181 Å². The zero-order valence-electron chi connectivity index (χ0n) is 17.3. The first-order valence-electron chi connectivity index (χ1n) is 9.80. The quantitative estimate of drug-likeness (QED) is 0.353. The topological polar surface area (TPSA) is 77.4 Å². The molecule has 0 N–H and O–H groups in total. The Morgan fingerprint density at radius 3 is 2.71 bits per heavy atom. The van der Waals surface area contributed by atoms with E-state index in [0.717, 1.165) is 16.8 Å². The number of amides is 1. The molecule has 7 nitrogen and oxygen atoms in total. The number of benzene rings is 2. The first-order valence-corrected chi connectivity index (χ1v) is 9.80. The van der Waals surface area contributed by atoms with E-state index in [4.69, 9.17) is 14.2 Å². The Balaban J connectivity index is 1.52. The van der Waals surface area contributed by atoms with Gasteiger partial charge in [0.2, 0.25) is 0 Å². The molecule has 3 rings (SSSR count). The minimum absolute atomic E-state index is 0.361. The Hall–Kier alpha value is -3.87. The lowest BCUT2D eigenvalue weighted by Gasteiger charge is -2.11. The predicted molar refractivity (Wildman–Crippen MR) is 118 cm³/mol. The number of hydrazone groups is 1. The van der Waals surface area contributed by atoms with Crippen LogP contribution in [-0.2, 0) is 14.3 Å². The maximum Gasteiger partial charge on any atom is 0.331 e. The van der Waals surface area contributed by atoms with Crippen molar-refractivity contribution in [3.8, 4) is 11.5 Å². The van der Waals surface area contributed by atoms with Gasteiger partial charge in [0.05, 0.1) is 19.4 Å². The van der Waals surface area contributed by atoms with Gasteiger partial charge in [-0.2, -0.15) is 5.10 Å². The van der Waals surface area contributed by atoms with Crippen LogP contribution in [0.4, 0.5) is 0 Å². The molecule has 0 saturated carbocycles. The fourth-order valence-electron chi connectivity index (χ4n) is 2.95. The van der Waals surface area contributed by atoms with Crippen LogP contribution < -0.4 is 9.47 Å². The van der Waals surface area contributed by atoms with Gasteiger partial charge in [0.15, 0.2) is 18.1 Å². The average Bonchev–Trinajstić information content (AvgIpc) is 3.31. The third kappa shape index (κ3) is 6.05. The first kappa shape index (κ1) is 21.8. The number of rotatable bonds is 9. The number of esters is 1. The van der Waals surface area contributed by atoms with Gasteiger partial charge in [-0.1, -0.05) is 49.1 Å². The minimum atomic E-state index is -0.620. The molecule has 31 heavy (non-hydrogen) atoms. The second kappa shape index (κ2) is 10.8. The normalized spacial score (nSPS) is 13.1. The minimum Gasteiger partial charge on any atom is -0.493 e. The standard InChI is InChI=1S/C24H24N2O5/c1-3-15-30-21-11-9-18(16-22(21)29-2)10-12-24(28)31-17-23(27)26-14-13-20(25-26)19-7-5-4-6-8-19/h3-12,16H,1,13-15,17H2,2H3/b12-10+. The van der Waals surface area contributed by atoms with Crippen molar-refractivity contribution in [1.29, 1.82) is 0 Å². The zero-order chi connectivity index (χ0) is 22.1. The van der Waals surface area contributed by atoms with Gasteiger partial charge in [-0.25, -0.2) is 9.80 Å². The molecule has 0 spiro atoms. The van der Waals surface area contributed by atoms with Gasteiger partial charge in [0.1, 0.15) is 6.61 Å². The molecule has 1 aliphatic heterocycles. The van der Waals surface area contributed by atoms with Crippen LogP contribution in [0, 0.1) is 0 Å². The number of ether oxygens (including phenoxy) is 3. The third-order valence-corrected chi connectivity index (χ3v) is 4.49. The van der Waals surface area contributed by atoms with Crippen molar-refractivity contribution in [2.75, 3.05) is 26.9 Å². The lowest BCUT2D eigenvalue weighted by molar-refractivity contribution is -0.147. The van der Waals surface area contributed by atoms with Crippen molar-refractivity contribution in [2.24, 2.45) is 5.10 Å². The van der Waals surface area contributed by atoms with Crippen LogP contribution in [0.1, 0.15) is 17.5 Å². The molecule has 0 saturated heterocycles. The highest BCUT2D eigenvalue weighted by Crippen LogP contribution is 2.28. The molecule has 0 fully saturated rings.